The molecule has 0 spiro atoms. The van der Waals surface area contributed by atoms with E-state index in [1.807, 2.05) is 44.2 Å². The van der Waals surface area contributed by atoms with Gasteiger partial charge in [-0.3, -0.25) is 0 Å². The Bertz CT molecular complexity index is 755. The highest BCUT2D eigenvalue weighted by Crippen LogP contribution is 2.44. The zero-order valence-electron chi connectivity index (χ0n) is 14.7. The topological polar surface area (TPSA) is 38.7 Å². The van der Waals surface area contributed by atoms with Crippen molar-refractivity contribution < 1.29 is 14.6 Å². The minimum absolute atomic E-state index is 0.00491. The zero-order chi connectivity index (χ0) is 17.3. The summed E-state index contributed by atoms with van der Waals surface area (Å²) in [7, 11) is 3.33. The Morgan fingerprint density at radius 1 is 1.04 bits per heavy atom. The fourth-order valence-corrected chi connectivity index (χ4v) is 3.42. The van der Waals surface area contributed by atoms with Gasteiger partial charge in [-0.15, -0.1) is 0 Å². The molecule has 0 amide bonds. The molecule has 126 valence electrons. The Balaban J connectivity index is 2.20. The summed E-state index contributed by atoms with van der Waals surface area (Å²) in [5.74, 6) is 1.58. The molecule has 0 unspecified atom stereocenters. The van der Waals surface area contributed by atoms with Gasteiger partial charge in [-0.25, -0.2) is 0 Å². The average Bonchev–Trinajstić information content (AvgIpc) is 2.59. The number of fused-ring (bicyclic) bond motifs is 1. The van der Waals surface area contributed by atoms with E-state index in [2.05, 4.69) is 18.2 Å². The lowest BCUT2D eigenvalue weighted by Gasteiger charge is -2.36. The largest absolute Gasteiger partial charge is 0.497 e. The van der Waals surface area contributed by atoms with E-state index >= 15 is 0 Å². The molecular weight excluding hydrogens is 300 g/mol. The first kappa shape index (κ1) is 16.6. The van der Waals surface area contributed by atoms with Gasteiger partial charge in [0.25, 0.3) is 0 Å². The monoisotopic (exact) mass is 324 g/mol. The normalized spacial score (nSPS) is 17.0. The van der Waals surface area contributed by atoms with Gasteiger partial charge in [0.2, 0.25) is 0 Å². The first-order valence-electron chi connectivity index (χ1n) is 8.18. The van der Waals surface area contributed by atoms with E-state index in [9.17, 15) is 5.11 Å². The van der Waals surface area contributed by atoms with Crippen LogP contribution in [-0.4, -0.2) is 24.9 Å². The second-order valence-electron chi connectivity index (χ2n) is 6.77. The van der Waals surface area contributed by atoms with Crippen molar-refractivity contribution in [3.63, 3.8) is 0 Å². The van der Waals surface area contributed by atoms with E-state index in [-0.39, 0.29) is 5.92 Å². The minimum Gasteiger partial charge on any atom is -0.497 e. The van der Waals surface area contributed by atoms with Gasteiger partial charge in [-0.1, -0.05) is 36.4 Å². The summed E-state index contributed by atoms with van der Waals surface area (Å²) in [6.07, 6.45) is 2.88. The van der Waals surface area contributed by atoms with Gasteiger partial charge >= 0.3 is 0 Å². The van der Waals surface area contributed by atoms with Crippen LogP contribution in [0.25, 0.3) is 11.6 Å². The van der Waals surface area contributed by atoms with Crippen molar-refractivity contribution in [3.05, 3.63) is 59.2 Å². The molecule has 0 aliphatic heterocycles. The Morgan fingerprint density at radius 2 is 1.75 bits per heavy atom. The third kappa shape index (κ3) is 3.04. The van der Waals surface area contributed by atoms with Crippen LogP contribution in [0.3, 0.4) is 0 Å². The summed E-state index contributed by atoms with van der Waals surface area (Å²) < 4.78 is 11.0. The number of methoxy groups -OCH3 is 2. The van der Waals surface area contributed by atoms with E-state index in [1.54, 1.807) is 14.2 Å². The molecule has 0 radical (unpaired) electrons. The highest BCUT2D eigenvalue weighted by Gasteiger charge is 2.35. The van der Waals surface area contributed by atoms with E-state index in [1.165, 1.54) is 0 Å². The van der Waals surface area contributed by atoms with Crippen molar-refractivity contribution in [2.24, 2.45) is 5.92 Å². The fourth-order valence-electron chi connectivity index (χ4n) is 3.42. The molecule has 2 aromatic rings. The van der Waals surface area contributed by atoms with Crippen LogP contribution in [0, 0.1) is 5.92 Å². The predicted molar refractivity (Wildman–Crippen MR) is 97.4 cm³/mol. The lowest BCUT2D eigenvalue weighted by atomic mass is 9.73. The maximum absolute atomic E-state index is 10.8. The van der Waals surface area contributed by atoms with Crippen molar-refractivity contribution in [2.45, 2.75) is 25.9 Å². The molecule has 0 saturated heterocycles. The van der Waals surface area contributed by atoms with Crippen molar-refractivity contribution in [3.8, 4) is 11.5 Å². The number of benzene rings is 2. The highest BCUT2D eigenvalue weighted by atomic mass is 16.5. The van der Waals surface area contributed by atoms with Gasteiger partial charge < -0.3 is 14.6 Å². The Labute approximate surface area is 143 Å². The predicted octanol–water partition coefficient (Wildman–Crippen LogP) is 4.19. The quantitative estimate of drug-likeness (QED) is 0.916. The standard InChI is InChI=1S/C21H24O3/c1-21(2,22)19-13-18-15(10-16(23-3)12-20(18)24-4)11-17(19)14-8-6-5-7-9-14/h5-12,19,22H,13H2,1-4H3/t19-/m0/s1. The molecule has 3 rings (SSSR count). The number of rotatable bonds is 4. The van der Waals surface area contributed by atoms with Gasteiger partial charge in [0.1, 0.15) is 11.5 Å². The van der Waals surface area contributed by atoms with E-state index < -0.39 is 5.60 Å². The molecule has 2 aromatic carbocycles. The molecule has 1 atom stereocenters. The molecule has 0 bridgehead atoms. The van der Waals surface area contributed by atoms with Crippen LogP contribution in [0.15, 0.2) is 42.5 Å². The van der Waals surface area contributed by atoms with Crippen LogP contribution in [0.4, 0.5) is 0 Å². The van der Waals surface area contributed by atoms with E-state index in [0.29, 0.717) is 0 Å². The smallest absolute Gasteiger partial charge is 0.126 e. The second kappa shape index (κ2) is 6.33. The maximum atomic E-state index is 10.8. The van der Waals surface area contributed by atoms with Crippen molar-refractivity contribution in [1.82, 2.24) is 0 Å². The Morgan fingerprint density at radius 3 is 2.33 bits per heavy atom. The lowest BCUT2D eigenvalue weighted by Crippen LogP contribution is -2.35. The van der Waals surface area contributed by atoms with Gasteiger partial charge in [0.15, 0.2) is 0 Å². The molecule has 0 aromatic heterocycles. The fraction of sp³-hybridized carbons (Fsp3) is 0.333. The SMILES string of the molecule is COc1cc2c(c(OC)c1)C[C@H](C(C)(C)O)C(c1ccccc1)=C2. The van der Waals surface area contributed by atoms with Crippen molar-refractivity contribution in [2.75, 3.05) is 14.2 Å². The van der Waals surface area contributed by atoms with Crippen LogP contribution >= 0.6 is 0 Å². The average molecular weight is 324 g/mol. The number of aliphatic hydroxyl groups is 1. The molecule has 3 heteroatoms. The summed E-state index contributed by atoms with van der Waals surface area (Å²) in [5.41, 5.74) is 3.66. The van der Waals surface area contributed by atoms with Crippen molar-refractivity contribution in [1.29, 1.82) is 0 Å². The Hall–Kier alpha value is -2.26. The highest BCUT2D eigenvalue weighted by molar-refractivity contribution is 5.87. The molecule has 0 heterocycles. The summed E-state index contributed by atoms with van der Waals surface area (Å²) in [4.78, 5) is 0. The summed E-state index contributed by atoms with van der Waals surface area (Å²) >= 11 is 0. The molecule has 0 fully saturated rings. The van der Waals surface area contributed by atoms with Crippen LogP contribution in [0.2, 0.25) is 0 Å². The molecule has 1 aliphatic rings. The first-order chi connectivity index (χ1) is 11.4. The minimum atomic E-state index is -0.829. The third-order valence-corrected chi connectivity index (χ3v) is 4.73. The number of hydrogen-bond donors (Lipinski definition) is 1. The molecular formula is C21H24O3. The lowest BCUT2D eigenvalue weighted by molar-refractivity contribution is 0.0407. The third-order valence-electron chi connectivity index (χ3n) is 4.73. The first-order valence-corrected chi connectivity index (χ1v) is 8.18. The van der Waals surface area contributed by atoms with Gasteiger partial charge in [0, 0.05) is 17.5 Å². The number of hydrogen-bond acceptors (Lipinski definition) is 3. The number of ether oxygens (including phenoxy) is 2. The zero-order valence-corrected chi connectivity index (χ0v) is 14.7. The second-order valence-corrected chi connectivity index (χ2v) is 6.77. The van der Waals surface area contributed by atoms with Gasteiger partial charge in [-0.05, 0) is 43.0 Å². The molecule has 0 saturated carbocycles. The van der Waals surface area contributed by atoms with Crippen LogP contribution in [-0.2, 0) is 6.42 Å². The molecule has 3 nitrogen and oxygen atoms in total. The van der Waals surface area contributed by atoms with E-state index in [4.69, 9.17) is 9.47 Å². The summed E-state index contributed by atoms with van der Waals surface area (Å²) in [6, 6.07) is 14.2. The summed E-state index contributed by atoms with van der Waals surface area (Å²) in [6.45, 7) is 3.74. The summed E-state index contributed by atoms with van der Waals surface area (Å²) in [5, 5.41) is 10.8. The molecule has 1 N–H and O–H groups in total. The Kier molecular flexibility index (Phi) is 4.37. The molecule has 1 aliphatic carbocycles. The van der Waals surface area contributed by atoms with Gasteiger partial charge in [-0.2, -0.15) is 0 Å². The van der Waals surface area contributed by atoms with Crippen LogP contribution < -0.4 is 9.47 Å². The maximum Gasteiger partial charge on any atom is 0.126 e. The van der Waals surface area contributed by atoms with Gasteiger partial charge in [0.05, 0.1) is 19.8 Å². The molecule has 24 heavy (non-hydrogen) atoms. The van der Waals surface area contributed by atoms with Crippen LogP contribution in [0.1, 0.15) is 30.5 Å². The van der Waals surface area contributed by atoms with Crippen LogP contribution in [0.5, 0.6) is 11.5 Å². The van der Waals surface area contributed by atoms with Crippen molar-refractivity contribution >= 4 is 11.6 Å². The van der Waals surface area contributed by atoms with E-state index in [0.717, 1.165) is 40.2 Å².